The summed E-state index contributed by atoms with van der Waals surface area (Å²) in [6.45, 7) is 2.69. The van der Waals surface area contributed by atoms with Crippen LogP contribution in [0.1, 0.15) is 11.1 Å². The summed E-state index contributed by atoms with van der Waals surface area (Å²) >= 11 is 11.9. The topological polar surface area (TPSA) is 53.9 Å². The van der Waals surface area contributed by atoms with Crippen LogP contribution in [0.3, 0.4) is 0 Å². The first-order valence-corrected chi connectivity index (χ1v) is 9.21. The van der Waals surface area contributed by atoms with E-state index in [0.29, 0.717) is 37.0 Å². The van der Waals surface area contributed by atoms with E-state index < -0.39 is 0 Å². The molecule has 0 atom stereocenters. The summed E-state index contributed by atoms with van der Waals surface area (Å²) in [5, 5.41) is 10.2. The van der Waals surface area contributed by atoms with Crippen molar-refractivity contribution < 1.29 is 9.53 Å². The minimum Gasteiger partial charge on any atom is -0.378 e. The number of alkyl halides is 1. The largest absolute Gasteiger partial charge is 0.378 e. The first kappa shape index (κ1) is 18.7. The van der Waals surface area contributed by atoms with E-state index in [4.69, 9.17) is 33.0 Å². The first-order valence-electron chi connectivity index (χ1n) is 8.30. The summed E-state index contributed by atoms with van der Waals surface area (Å²) in [6.07, 6.45) is 0. The number of amides is 1. The molecule has 0 aromatic heterocycles. The second kappa shape index (κ2) is 9.03. The van der Waals surface area contributed by atoms with E-state index in [0.717, 1.165) is 16.8 Å². The van der Waals surface area contributed by atoms with Crippen LogP contribution in [0.4, 0.5) is 5.69 Å². The Hall–Kier alpha value is -2.08. The maximum absolute atomic E-state index is 11.8. The van der Waals surface area contributed by atoms with Gasteiger partial charge < -0.3 is 10.1 Å². The van der Waals surface area contributed by atoms with E-state index in [1.807, 2.05) is 35.3 Å². The fraction of sp³-hybridized carbons (Fsp3) is 0.263. The van der Waals surface area contributed by atoms with E-state index in [-0.39, 0.29) is 11.8 Å². The Morgan fingerprint density at radius 2 is 1.88 bits per heavy atom. The molecule has 2 aromatic carbocycles. The molecular formula is C19H19Cl2N3O2. The number of rotatable bonds is 5. The quantitative estimate of drug-likeness (QED) is 0.625. The van der Waals surface area contributed by atoms with Crippen LogP contribution in [0.5, 0.6) is 0 Å². The molecule has 0 aliphatic carbocycles. The van der Waals surface area contributed by atoms with Crippen LogP contribution in [-0.4, -0.2) is 48.8 Å². The van der Waals surface area contributed by atoms with Crippen molar-refractivity contribution >= 4 is 40.5 Å². The number of hydrogen-bond acceptors (Lipinski definition) is 4. The van der Waals surface area contributed by atoms with Crippen LogP contribution in [0, 0.1) is 0 Å². The molecule has 1 N–H and O–H groups in total. The number of carbonyl (C=O) groups is 1. The molecule has 3 rings (SSSR count). The van der Waals surface area contributed by atoms with Crippen LogP contribution >= 0.6 is 23.2 Å². The van der Waals surface area contributed by atoms with E-state index in [1.165, 1.54) is 0 Å². The number of nitrogens with zero attached hydrogens (tertiary/aromatic N) is 2. The number of hydrogen-bond donors (Lipinski definition) is 1. The second-order valence-electron chi connectivity index (χ2n) is 5.75. The molecule has 0 saturated carbocycles. The molecule has 0 unspecified atom stereocenters. The number of carbonyl (C=O) groups excluding carboxylic acids is 1. The smallest absolute Gasteiger partial charge is 0.239 e. The van der Waals surface area contributed by atoms with Crippen LogP contribution in [0.15, 0.2) is 53.6 Å². The fourth-order valence-corrected chi connectivity index (χ4v) is 2.90. The summed E-state index contributed by atoms with van der Waals surface area (Å²) in [7, 11) is 0. The second-order valence-corrected chi connectivity index (χ2v) is 6.46. The molecule has 7 heteroatoms. The van der Waals surface area contributed by atoms with Crippen molar-refractivity contribution in [3.05, 3.63) is 64.7 Å². The number of benzene rings is 2. The third-order valence-corrected chi connectivity index (χ3v) is 4.39. The Morgan fingerprint density at radius 1 is 1.15 bits per heavy atom. The molecule has 1 aliphatic rings. The highest BCUT2D eigenvalue weighted by Gasteiger charge is 2.17. The molecule has 1 fully saturated rings. The number of anilines is 1. The third kappa shape index (κ3) is 4.75. The van der Waals surface area contributed by atoms with Gasteiger partial charge in [-0.25, -0.2) is 0 Å². The highest BCUT2D eigenvalue weighted by molar-refractivity contribution is 6.32. The van der Waals surface area contributed by atoms with Gasteiger partial charge in [0.25, 0.3) is 0 Å². The van der Waals surface area contributed by atoms with Gasteiger partial charge in [-0.3, -0.25) is 9.80 Å². The lowest BCUT2D eigenvalue weighted by Crippen LogP contribution is -2.33. The SMILES string of the molecule is O=C(CCl)Nc1ccc(Cl)cc1/C(=N\N1CCOCC1)c1ccccc1. The van der Waals surface area contributed by atoms with Crippen molar-refractivity contribution in [1.82, 2.24) is 5.01 Å². The minimum atomic E-state index is -0.283. The average molecular weight is 392 g/mol. The van der Waals surface area contributed by atoms with Crippen LogP contribution in [0.2, 0.25) is 5.02 Å². The number of nitrogens with one attached hydrogen (secondary N) is 1. The monoisotopic (exact) mass is 391 g/mol. The molecule has 1 heterocycles. The van der Waals surface area contributed by atoms with Gasteiger partial charge in [-0.15, -0.1) is 11.6 Å². The first-order chi connectivity index (χ1) is 12.7. The van der Waals surface area contributed by atoms with Gasteiger partial charge in [0.1, 0.15) is 5.88 Å². The van der Waals surface area contributed by atoms with E-state index in [2.05, 4.69) is 5.32 Å². The van der Waals surface area contributed by atoms with E-state index in [1.54, 1.807) is 18.2 Å². The van der Waals surface area contributed by atoms with E-state index in [9.17, 15) is 4.79 Å². The molecular weight excluding hydrogens is 373 g/mol. The number of halogens is 2. The predicted octanol–water partition coefficient (Wildman–Crippen LogP) is 3.60. The number of hydrazone groups is 1. The molecule has 1 aliphatic heterocycles. The lowest BCUT2D eigenvalue weighted by molar-refractivity contribution is -0.113. The molecule has 136 valence electrons. The average Bonchev–Trinajstić information content (AvgIpc) is 2.69. The van der Waals surface area contributed by atoms with Gasteiger partial charge in [-0.05, 0) is 18.2 Å². The summed E-state index contributed by atoms with van der Waals surface area (Å²) < 4.78 is 5.40. The lowest BCUT2D eigenvalue weighted by Gasteiger charge is -2.25. The maximum atomic E-state index is 11.8. The summed E-state index contributed by atoms with van der Waals surface area (Å²) in [6, 6.07) is 15.1. The van der Waals surface area contributed by atoms with Crippen molar-refractivity contribution in [1.29, 1.82) is 0 Å². The Balaban J connectivity index is 2.08. The van der Waals surface area contributed by atoms with E-state index >= 15 is 0 Å². The van der Waals surface area contributed by atoms with Gasteiger partial charge in [0.2, 0.25) is 5.91 Å². The molecule has 5 nitrogen and oxygen atoms in total. The van der Waals surface area contributed by atoms with Gasteiger partial charge in [0.05, 0.1) is 37.7 Å². The zero-order valence-electron chi connectivity index (χ0n) is 14.1. The van der Waals surface area contributed by atoms with Crippen molar-refractivity contribution in [2.45, 2.75) is 0 Å². The molecule has 0 bridgehead atoms. The van der Waals surface area contributed by atoms with Gasteiger partial charge in [0.15, 0.2) is 0 Å². The van der Waals surface area contributed by atoms with Crippen LogP contribution in [0.25, 0.3) is 0 Å². The zero-order valence-corrected chi connectivity index (χ0v) is 15.6. The van der Waals surface area contributed by atoms with Crippen molar-refractivity contribution in [3.8, 4) is 0 Å². The fourth-order valence-electron chi connectivity index (χ4n) is 2.66. The summed E-state index contributed by atoms with van der Waals surface area (Å²) in [5.74, 6) is -0.405. The summed E-state index contributed by atoms with van der Waals surface area (Å²) in [4.78, 5) is 11.8. The zero-order chi connectivity index (χ0) is 18.4. The summed E-state index contributed by atoms with van der Waals surface area (Å²) in [5.41, 5.74) is 3.03. The highest BCUT2D eigenvalue weighted by atomic mass is 35.5. The molecule has 2 aromatic rings. The Labute approximate surface area is 162 Å². The Bertz CT molecular complexity index is 791. The van der Waals surface area contributed by atoms with Crippen LogP contribution in [-0.2, 0) is 9.53 Å². The molecule has 0 radical (unpaired) electrons. The maximum Gasteiger partial charge on any atom is 0.239 e. The third-order valence-electron chi connectivity index (χ3n) is 3.91. The normalized spacial score (nSPS) is 15.0. The lowest BCUT2D eigenvalue weighted by atomic mass is 10.0. The molecule has 1 saturated heterocycles. The molecule has 0 spiro atoms. The minimum absolute atomic E-state index is 0.122. The highest BCUT2D eigenvalue weighted by Crippen LogP contribution is 2.25. The van der Waals surface area contributed by atoms with Crippen molar-refractivity contribution in [3.63, 3.8) is 0 Å². The Morgan fingerprint density at radius 3 is 2.58 bits per heavy atom. The van der Waals surface area contributed by atoms with Crippen molar-refractivity contribution in [2.75, 3.05) is 37.5 Å². The van der Waals surface area contributed by atoms with Crippen LogP contribution < -0.4 is 5.32 Å². The van der Waals surface area contributed by atoms with Gasteiger partial charge in [-0.2, -0.15) is 5.10 Å². The standard InChI is InChI=1S/C19H19Cl2N3O2/c20-13-18(25)22-17-7-6-15(21)12-16(17)19(14-4-2-1-3-5-14)23-24-8-10-26-11-9-24/h1-7,12H,8-11,13H2,(H,22,25)/b23-19-. The van der Waals surface area contributed by atoms with Gasteiger partial charge in [0, 0.05) is 16.1 Å². The number of ether oxygens (including phenoxy) is 1. The Kier molecular flexibility index (Phi) is 6.50. The number of morpholine rings is 1. The van der Waals surface area contributed by atoms with Gasteiger partial charge >= 0.3 is 0 Å². The van der Waals surface area contributed by atoms with Crippen molar-refractivity contribution in [2.24, 2.45) is 5.10 Å². The molecule has 1 amide bonds. The van der Waals surface area contributed by atoms with Gasteiger partial charge in [-0.1, -0.05) is 41.9 Å². The predicted molar refractivity (Wildman–Crippen MR) is 105 cm³/mol. The molecule has 26 heavy (non-hydrogen) atoms.